The highest BCUT2D eigenvalue weighted by molar-refractivity contribution is 5.89. The number of Topliss-reactive ketones (excluding diaryl/α,β-unsaturated/α-hetero) is 1. The van der Waals surface area contributed by atoms with Crippen molar-refractivity contribution in [1.29, 1.82) is 0 Å². The van der Waals surface area contributed by atoms with E-state index in [0.29, 0.717) is 5.41 Å². The highest BCUT2D eigenvalue weighted by Gasteiger charge is 2.34. The van der Waals surface area contributed by atoms with Crippen LogP contribution in [0.15, 0.2) is 48.7 Å². The van der Waals surface area contributed by atoms with Crippen LogP contribution >= 0.6 is 0 Å². The van der Waals surface area contributed by atoms with Crippen LogP contribution in [0.2, 0.25) is 0 Å². The standard InChI is InChI=1S/C37H49N3O2/c1-25-11-9-10-12-30(25)23-39-18-15-28-21-29(13-14-31(28)24-39)32-22-38-26(2)33(35(27(3)41)42-36(4,5)6)34(32)40-19-16-37(7,8)17-20-40/h9-14,21-22,35H,15-20,23-24H2,1-8H3/t35-/m1/s1. The largest absolute Gasteiger partial charge is 0.371 e. The van der Waals surface area contributed by atoms with E-state index in [9.17, 15) is 4.79 Å². The van der Waals surface area contributed by atoms with Gasteiger partial charge in [0, 0.05) is 55.7 Å². The first kappa shape index (κ1) is 30.4. The molecule has 5 rings (SSSR count). The quantitative estimate of drug-likeness (QED) is 0.290. The smallest absolute Gasteiger partial charge is 0.163 e. The van der Waals surface area contributed by atoms with Gasteiger partial charge in [0.25, 0.3) is 0 Å². The van der Waals surface area contributed by atoms with Crippen LogP contribution in [0.4, 0.5) is 5.69 Å². The summed E-state index contributed by atoms with van der Waals surface area (Å²) in [7, 11) is 0. The molecule has 1 atom stereocenters. The molecule has 0 saturated carbocycles. The van der Waals surface area contributed by atoms with Gasteiger partial charge in [0.1, 0.15) is 6.10 Å². The lowest BCUT2D eigenvalue weighted by atomic mass is 9.82. The minimum Gasteiger partial charge on any atom is -0.371 e. The van der Waals surface area contributed by atoms with Crippen molar-refractivity contribution in [2.45, 2.75) is 99.4 Å². The number of aromatic nitrogens is 1. The molecule has 2 aliphatic rings. The fourth-order valence-corrected chi connectivity index (χ4v) is 6.45. The maximum Gasteiger partial charge on any atom is 0.163 e. The van der Waals surface area contributed by atoms with Crippen LogP contribution < -0.4 is 4.90 Å². The van der Waals surface area contributed by atoms with Crippen molar-refractivity contribution in [2.75, 3.05) is 24.5 Å². The summed E-state index contributed by atoms with van der Waals surface area (Å²) in [5.74, 6) is 0.0183. The van der Waals surface area contributed by atoms with Crippen molar-refractivity contribution in [3.63, 3.8) is 0 Å². The summed E-state index contributed by atoms with van der Waals surface area (Å²) < 4.78 is 6.47. The molecule has 5 heteroatoms. The molecule has 0 N–H and O–H groups in total. The van der Waals surface area contributed by atoms with Gasteiger partial charge in [0.15, 0.2) is 5.78 Å². The minimum absolute atomic E-state index is 0.0183. The number of hydrogen-bond donors (Lipinski definition) is 0. The van der Waals surface area contributed by atoms with E-state index in [1.165, 1.54) is 27.8 Å². The summed E-state index contributed by atoms with van der Waals surface area (Å²) in [5.41, 5.74) is 10.6. The van der Waals surface area contributed by atoms with Crippen LogP contribution in [0.5, 0.6) is 0 Å². The number of pyridine rings is 1. The third-order valence-corrected chi connectivity index (χ3v) is 9.09. The number of anilines is 1. The fraction of sp³-hybridized carbons (Fsp3) is 0.514. The molecule has 0 radical (unpaired) electrons. The second kappa shape index (κ2) is 11.9. The molecule has 1 saturated heterocycles. The van der Waals surface area contributed by atoms with Crippen LogP contribution in [0.25, 0.3) is 11.1 Å². The first-order valence-corrected chi connectivity index (χ1v) is 15.6. The number of aryl methyl sites for hydroxylation is 2. The average molecular weight is 568 g/mol. The van der Waals surface area contributed by atoms with Gasteiger partial charge in [-0.3, -0.25) is 14.7 Å². The summed E-state index contributed by atoms with van der Waals surface area (Å²) in [6.07, 6.45) is 4.61. The van der Waals surface area contributed by atoms with Gasteiger partial charge in [0.05, 0.1) is 11.3 Å². The molecule has 3 aromatic rings. The van der Waals surface area contributed by atoms with E-state index in [4.69, 9.17) is 9.72 Å². The van der Waals surface area contributed by atoms with Crippen molar-refractivity contribution in [3.8, 4) is 11.1 Å². The zero-order chi connectivity index (χ0) is 30.2. The number of rotatable bonds is 7. The first-order chi connectivity index (χ1) is 19.8. The average Bonchev–Trinajstić information content (AvgIpc) is 2.92. The van der Waals surface area contributed by atoms with Gasteiger partial charge in [0.2, 0.25) is 0 Å². The van der Waals surface area contributed by atoms with Gasteiger partial charge in [-0.15, -0.1) is 0 Å². The first-order valence-electron chi connectivity index (χ1n) is 15.6. The van der Waals surface area contributed by atoms with E-state index in [2.05, 4.69) is 73.0 Å². The Bertz CT molecular complexity index is 1440. The molecule has 42 heavy (non-hydrogen) atoms. The summed E-state index contributed by atoms with van der Waals surface area (Å²) in [4.78, 5) is 23.1. The molecule has 2 aliphatic heterocycles. The number of hydrogen-bond acceptors (Lipinski definition) is 5. The number of nitrogens with zero attached hydrogens (tertiary/aromatic N) is 3. The number of benzene rings is 2. The molecule has 3 heterocycles. The summed E-state index contributed by atoms with van der Waals surface area (Å²) in [6.45, 7) is 21.5. The summed E-state index contributed by atoms with van der Waals surface area (Å²) in [5, 5.41) is 0. The Balaban J connectivity index is 1.54. The predicted molar refractivity (Wildman–Crippen MR) is 173 cm³/mol. The number of piperidine rings is 1. The fourth-order valence-electron chi connectivity index (χ4n) is 6.45. The van der Waals surface area contributed by atoms with Gasteiger partial charge < -0.3 is 9.64 Å². The summed E-state index contributed by atoms with van der Waals surface area (Å²) >= 11 is 0. The highest BCUT2D eigenvalue weighted by Crippen LogP contribution is 2.44. The topological polar surface area (TPSA) is 45.7 Å². The molecule has 1 fully saturated rings. The van der Waals surface area contributed by atoms with Crippen molar-refractivity contribution in [3.05, 3.63) is 82.2 Å². The highest BCUT2D eigenvalue weighted by atomic mass is 16.5. The SMILES string of the molecule is CC(=O)[C@@H](OC(C)(C)C)c1c(C)ncc(-c2ccc3c(c2)CCN(Cc2ccccc2C)C3)c1N1CCC(C)(C)CC1. The zero-order valence-corrected chi connectivity index (χ0v) is 27.0. The normalized spacial score (nSPS) is 18.0. The van der Waals surface area contributed by atoms with Crippen LogP contribution in [-0.2, 0) is 29.0 Å². The minimum atomic E-state index is -0.657. The molecule has 0 unspecified atom stereocenters. The Morgan fingerprint density at radius 3 is 2.40 bits per heavy atom. The van der Waals surface area contributed by atoms with Crippen molar-refractivity contribution >= 4 is 11.5 Å². The van der Waals surface area contributed by atoms with E-state index >= 15 is 0 Å². The molecule has 5 nitrogen and oxygen atoms in total. The Labute approximate surface area is 253 Å². The van der Waals surface area contributed by atoms with Gasteiger partial charge in [-0.2, -0.15) is 0 Å². The molecule has 0 aliphatic carbocycles. The molecule has 0 bridgehead atoms. The zero-order valence-electron chi connectivity index (χ0n) is 27.0. The van der Waals surface area contributed by atoms with Crippen LogP contribution in [0.1, 0.15) is 94.0 Å². The van der Waals surface area contributed by atoms with Crippen LogP contribution in [-0.4, -0.2) is 40.9 Å². The van der Waals surface area contributed by atoms with E-state index < -0.39 is 11.7 Å². The second-order valence-corrected chi connectivity index (χ2v) is 14.3. The van der Waals surface area contributed by atoms with E-state index in [-0.39, 0.29) is 5.78 Å². The van der Waals surface area contributed by atoms with Gasteiger partial charge in [-0.25, -0.2) is 0 Å². The molecule has 0 amide bonds. The van der Waals surface area contributed by atoms with E-state index in [1.54, 1.807) is 6.92 Å². The molecular weight excluding hydrogens is 518 g/mol. The van der Waals surface area contributed by atoms with Crippen LogP contribution in [0.3, 0.4) is 0 Å². The van der Waals surface area contributed by atoms with Gasteiger partial charge in [-0.05, 0) is 94.0 Å². The lowest BCUT2D eigenvalue weighted by Gasteiger charge is -2.41. The Morgan fingerprint density at radius 1 is 1.02 bits per heavy atom. The number of fused-ring (bicyclic) bond motifs is 1. The van der Waals surface area contributed by atoms with Crippen molar-refractivity contribution in [2.24, 2.45) is 5.41 Å². The monoisotopic (exact) mass is 567 g/mol. The molecule has 0 spiro atoms. The van der Waals surface area contributed by atoms with E-state index in [1.807, 2.05) is 33.9 Å². The number of ether oxygens (including phenoxy) is 1. The van der Waals surface area contributed by atoms with Crippen molar-refractivity contribution < 1.29 is 9.53 Å². The van der Waals surface area contributed by atoms with Gasteiger partial charge in [-0.1, -0.05) is 56.3 Å². The third-order valence-electron chi connectivity index (χ3n) is 9.09. The number of carbonyl (C=O) groups excluding carboxylic acids is 1. The summed E-state index contributed by atoms with van der Waals surface area (Å²) in [6, 6.07) is 15.7. The van der Waals surface area contributed by atoms with Crippen LogP contribution in [0, 0.1) is 19.3 Å². The molecular formula is C37H49N3O2. The predicted octanol–water partition coefficient (Wildman–Crippen LogP) is 8.00. The maximum absolute atomic E-state index is 13.2. The van der Waals surface area contributed by atoms with Crippen molar-refractivity contribution in [1.82, 2.24) is 9.88 Å². The molecule has 1 aromatic heterocycles. The Kier molecular flexibility index (Phi) is 8.65. The second-order valence-electron chi connectivity index (χ2n) is 14.3. The van der Waals surface area contributed by atoms with E-state index in [0.717, 1.165) is 74.5 Å². The third kappa shape index (κ3) is 6.79. The lowest BCUT2D eigenvalue weighted by molar-refractivity contribution is -0.138. The number of carbonyl (C=O) groups is 1. The molecule has 224 valence electrons. The maximum atomic E-state index is 13.2. The Hall–Kier alpha value is -3.02. The van der Waals surface area contributed by atoms with Gasteiger partial charge >= 0.3 is 0 Å². The lowest BCUT2D eigenvalue weighted by Crippen LogP contribution is -2.39. The number of ketones is 1. The Morgan fingerprint density at radius 2 is 1.74 bits per heavy atom. The molecule has 2 aromatic carbocycles.